The molecular formula is C24H22N4O5S. The topological polar surface area (TPSA) is 102 Å². The summed E-state index contributed by atoms with van der Waals surface area (Å²) in [5.74, 6) is 1.04. The Hall–Kier alpha value is -3.50. The van der Waals surface area contributed by atoms with Crippen molar-refractivity contribution in [3.63, 3.8) is 0 Å². The summed E-state index contributed by atoms with van der Waals surface area (Å²) in [7, 11) is 0. The van der Waals surface area contributed by atoms with Crippen LogP contribution in [0.25, 0.3) is 10.9 Å². The van der Waals surface area contributed by atoms with E-state index in [0.717, 1.165) is 15.8 Å². The van der Waals surface area contributed by atoms with Gasteiger partial charge in [-0.3, -0.25) is 14.5 Å². The first-order valence-electron chi connectivity index (χ1n) is 11.1. The number of benzene rings is 2. The second-order valence-electron chi connectivity index (χ2n) is 8.51. The lowest BCUT2D eigenvalue weighted by atomic mass is 10.1. The molecule has 174 valence electrons. The molecule has 0 bridgehead atoms. The highest BCUT2D eigenvalue weighted by molar-refractivity contribution is 8.00. The molecule has 9 nitrogen and oxygen atoms in total. The predicted molar refractivity (Wildman–Crippen MR) is 129 cm³/mol. The number of carbonyl (C=O) groups is 2. The highest BCUT2D eigenvalue weighted by Crippen LogP contribution is 2.35. The third kappa shape index (κ3) is 3.78. The Morgan fingerprint density at radius 3 is 2.74 bits per heavy atom. The van der Waals surface area contributed by atoms with Gasteiger partial charge in [0, 0.05) is 35.1 Å². The average Bonchev–Trinajstić information content (AvgIpc) is 3.21. The van der Waals surface area contributed by atoms with Gasteiger partial charge in [-0.05, 0) is 30.3 Å². The zero-order chi connectivity index (χ0) is 23.2. The molecular weight excluding hydrogens is 456 g/mol. The van der Waals surface area contributed by atoms with Crippen molar-refractivity contribution < 1.29 is 19.1 Å². The Labute approximate surface area is 199 Å². The van der Waals surface area contributed by atoms with Crippen LogP contribution in [0.4, 0.5) is 16.2 Å². The SMILES string of the molecule is O=C1CSc2ccc(N3C[C@@H](CNCC4Cn5c(=O)ccc6cccc(c65)O4)OC3=O)cc2N1. The van der Waals surface area contributed by atoms with Crippen molar-refractivity contribution in [1.29, 1.82) is 0 Å². The van der Waals surface area contributed by atoms with E-state index >= 15 is 0 Å². The monoisotopic (exact) mass is 478 g/mol. The van der Waals surface area contributed by atoms with E-state index in [2.05, 4.69) is 10.6 Å². The highest BCUT2D eigenvalue weighted by Gasteiger charge is 2.33. The standard InChI is InChI=1S/C24H22N4O5S/c29-21-13-34-20-6-5-15(8-18(20)26-21)27-11-17(33-24(27)31)10-25-9-16-12-28-22(30)7-4-14-2-1-3-19(32-16)23(14)28/h1-8,16-17,25H,9-13H2,(H,26,29)/t16?,17-/m1/s1. The van der Waals surface area contributed by atoms with Gasteiger partial charge in [0.2, 0.25) is 5.91 Å². The van der Waals surface area contributed by atoms with Crippen LogP contribution in [0.3, 0.4) is 0 Å². The molecule has 2 N–H and O–H groups in total. The second kappa shape index (κ2) is 8.37. The van der Waals surface area contributed by atoms with Crippen molar-refractivity contribution in [2.75, 3.05) is 35.6 Å². The van der Waals surface area contributed by atoms with E-state index in [1.807, 2.05) is 42.5 Å². The van der Waals surface area contributed by atoms with Crippen LogP contribution in [0.2, 0.25) is 0 Å². The van der Waals surface area contributed by atoms with E-state index in [1.54, 1.807) is 15.5 Å². The number of anilines is 2. The molecule has 1 saturated heterocycles. The van der Waals surface area contributed by atoms with E-state index in [-0.39, 0.29) is 23.7 Å². The molecule has 6 rings (SSSR count). The number of hydrogen-bond donors (Lipinski definition) is 2. The van der Waals surface area contributed by atoms with E-state index in [4.69, 9.17) is 9.47 Å². The van der Waals surface area contributed by atoms with Crippen LogP contribution in [0.15, 0.2) is 58.2 Å². The summed E-state index contributed by atoms with van der Waals surface area (Å²) >= 11 is 1.48. The second-order valence-corrected chi connectivity index (χ2v) is 9.53. The number of nitrogens with zero attached hydrogens (tertiary/aromatic N) is 2. The predicted octanol–water partition coefficient (Wildman–Crippen LogP) is 2.42. The lowest BCUT2D eigenvalue weighted by molar-refractivity contribution is -0.113. The fourth-order valence-corrected chi connectivity index (χ4v) is 5.40. The molecule has 4 heterocycles. The lowest BCUT2D eigenvalue weighted by Crippen LogP contribution is -2.42. The quantitative estimate of drug-likeness (QED) is 0.581. The van der Waals surface area contributed by atoms with Crippen molar-refractivity contribution in [2.24, 2.45) is 0 Å². The van der Waals surface area contributed by atoms with Crippen LogP contribution in [0, 0.1) is 0 Å². The number of amides is 2. The number of fused-ring (bicyclic) bond motifs is 1. The fourth-order valence-electron chi connectivity index (χ4n) is 4.61. The van der Waals surface area contributed by atoms with Gasteiger partial charge in [-0.15, -0.1) is 11.8 Å². The normalized spacial score (nSPS) is 21.1. The molecule has 34 heavy (non-hydrogen) atoms. The number of hydrogen-bond acceptors (Lipinski definition) is 7. The summed E-state index contributed by atoms with van der Waals surface area (Å²) in [5, 5.41) is 7.15. The van der Waals surface area contributed by atoms with E-state index in [1.165, 1.54) is 11.8 Å². The first-order valence-corrected chi connectivity index (χ1v) is 12.1. The molecule has 2 atom stereocenters. The van der Waals surface area contributed by atoms with E-state index < -0.39 is 6.09 Å². The molecule has 0 spiro atoms. The van der Waals surface area contributed by atoms with Gasteiger partial charge < -0.3 is 24.7 Å². The Morgan fingerprint density at radius 1 is 1.00 bits per heavy atom. The molecule has 0 radical (unpaired) electrons. The third-order valence-corrected chi connectivity index (χ3v) is 7.25. The van der Waals surface area contributed by atoms with Crippen molar-refractivity contribution >= 4 is 46.0 Å². The number of rotatable bonds is 5. The van der Waals surface area contributed by atoms with Gasteiger partial charge in [-0.2, -0.15) is 0 Å². The smallest absolute Gasteiger partial charge is 0.414 e. The molecule has 1 aromatic heterocycles. The highest BCUT2D eigenvalue weighted by atomic mass is 32.2. The van der Waals surface area contributed by atoms with Crippen LogP contribution >= 0.6 is 11.8 Å². The van der Waals surface area contributed by atoms with E-state index in [9.17, 15) is 14.4 Å². The van der Waals surface area contributed by atoms with Crippen molar-refractivity contribution in [2.45, 2.75) is 23.6 Å². The lowest BCUT2D eigenvalue weighted by Gasteiger charge is -2.28. The number of nitrogens with one attached hydrogen (secondary N) is 2. The van der Waals surface area contributed by atoms with Gasteiger partial charge in [-0.25, -0.2) is 4.79 Å². The van der Waals surface area contributed by atoms with Gasteiger partial charge >= 0.3 is 6.09 Å². The summed E-state index contributed by atoms with van der Waals surface area (Å²) in [6.07, 6.45) is -0.953. The van der Waals surface area contributed by atoms with Gasteiger partial charge in [0.25, 0.3) is 5.56 Å². The number of ether oxygens (including phenoxy) is 2. The zero-order valence-electron chi connectivity index (χ0n) is 18.2. The molecule has 0 saturated carbocycles. The number of para-hydroxylation sites is 1. The van der Waals surface area contributed by atoms with Gasteiger partial charge in [0.1, 0.15) is 18.0 Å². The molecule has 1 fully saturated rings. The van der Waals surface area contributed by atoms with Gasteiger partial charge in [0.05, 0.1) is 30.0 Å². The van der Waals surface area contributed by atoms with E-state index in [0.29, 0.717) is 49.1 Å². The Bertz CT molecular complexity index is 1370. The van der Waals surface area contributed by atoms with Crippen molar-refractivity contribution in [1.82, 2.24) is 9.88 Å². The third-order valence-electron chi connectivity index (χ3n) is 6.18. The number of pyridine rings is 1. The molecule has 3 aliphatic heterocycles. The van der Waals surface area contributed by atoms with Crippen LogP contribution in [0.1, 0.15) is 0 Å². The fraction of sp³-hybridized carbons (Fsp3) is 0.292. The molecule has 1 unspecified atom stereocenters. The molecule has 3 aromatic rings. The molecule has 2 aromatic carbocycles. The first kappa shape index (κ1) is 21.1. The van der Waals surface area contributed by atoms with Crippen molar-refractivity contribution in [3.8, 4) is 5.75 Å². The number of cyclic esters (lactones) is 1. The van der Waals surface area contributed by atoms with Crippen LogP contribution < -0.4 is 25.8 Å². The van der Waals surface area contributed by atoms with Crippen molar-refractivity contribution in [3.05, 3.63) is 58.9 Å². The summed E-state index contributed by atoms with van der Waals surface area (Å²) < 4.78 is 13.4. The Balaban J connectivity index is 1.08. The largest absolute Gasteiger partial charge is 0.485 e. The number of aromatic nitrogens is 1. The first-order chi connectivity index (χ1) is 16.5. The summed E-state index contributed by atoms with van der Waals surface area (Å²) in [6.45, 7) is 1.82. The summed E-state index contributed by atoms with van der Waals surface area (Å²) in [4.78, 5) is 39.1. The van der Waals surface area contributed by atoms with Gasteiger partial charge in [0.15, 0.2) is 0 Å². The minimum Gasteiger partial charge on any atom is -0.485 e. The maximum absolute atomic E-state index is 12.5. The van der Waals surface area contributed by atoms with Gasteiger partial charge in [-0.1, -0.05) is 12.1 Å². The average molecular weight is 479 g/mol. The molecule has 0 aliphatic carbocycles. The summed E-state index contributed by atoms with van der Waals surface area (Å²) in [6, 6.07) is 14.7. The maximum atomic E-state index is 12.5. The van der Waals surface area contributed by atoms with Crippen LogP contribution in [-0.4, -0.2) is 54.2 Å². The Kier molecular flexibility index (Phi) is 5.19. The summed E-state index contributed by atoms with van der Waals surface area (Å²) in [5.41, 5.74) is 2.18. The molecule has 10 heteroatoms. The molecule has 3 aliphatic rings. The van der Waals surface area contributed by atoms with Crippen LogP contribution in [0.5, 0.6) is 5.75 Å². The van der Waals surface area contributed by atoms with Crippen LogP contribution in [-0.2, 0) is 16.1 Å². The maximum Gasteiger partial charge on any atom is 0.414 e. The number of thioether (sulfide) groups is 1. The minimum atomic E-state index is -0.414. The minimum absolute atomic E-state index is 0.0479. The Morgan fingerprint density at radius 2 is 1.85 bits per heavy atom. The number of carbonyl (C=O) groups excluding carboxylic acids is 2. The molecule has 2 amide bonds. The zero-order valence-corrected chi connectivity index (χ0v) is 19.0.